The lowest BCUT2D eigenvalue weighted by molar-refractivity contribution is 0.438. The highest BCUT2D eigenvalue weighted by Gasteiger charge is 2.15. The van der Waals surface area contributed by atoms with Crippen LogP contribution in [-0.4, -0.2) is 17.5 Å². The molecule has 1 atom stereocenters. The lowest BCUT2D eigenvalue weighted by Crippen LogP contribution is -2.23. The van der Waals surface area contributed by atoms with Crippen molar-refractivity contribution in [3.05, 3.63) is 0 Å². The van der Waals surface area contributed by atoms with Crippen molar-refractivity contribution in [2.75, 3.05) is 11.5 Å². The zero-order valence-corrected chi connectivity index (χ0v) is 7.57. The van der Waals surface area contributed by atoms with E-state index in [9.17, 15) is 0 Å². The predicted octanol–water partition coefficient (Wildman–Crippen LogP) is 1.48. The first-order valence-electron chi connectivity index (χ1n) is 4.12. The Balaban J connectivity index is 2.20. The van der Waals surface area contributed by atoms with E-state index in [-0.39, 0.29) is 6.04 Å². The van der Waals surface area contributed by atoms with Gasteiger partial charge in [0.05, 0.1) is 6.04 Å². The first kappa shape index (κ1) is 8.96. The smallest absolute Gasteiger partial charge is 0.0664 e. The average molecular weight is 169 g/mol. The van der Waals surface area contributed by atoms with Crippen LogP contribution in [0.4, 0.5) is 0 Å². The van der Waals surface area contributed by atoms with E-state index in [4.69, 9.17) is 12.2 Å². The molecule has 0 saturated carbocycles. The third kappa shape index (κ3) is 3.18. The largest absolute Gasteiger partial charge is 0.318 e. The molecular weight excluding hydrogens is 154 g/mol. The van der Waals surface area contributed by atoms with Crippen molar-refractivity contribution >= 4 is 11.8 Å². The average Bonchev–Trinajstić information content (AvgIpc) is 2.06. The van der Waals surface area contributed by atoms with Gasteiger partial charge in [0, 0.05) is 0 Å². The van der Waals surface area contributed by atoms with Crippen molar-refractivity contribution in [2.45, 2.75) is 25.3 Å². The second-order valence-corrected chi connectivity index (χ2v) is 4.29. The molecule has 0 aromatic heterocycles. The molecule has 2 heteroatoms. The summed E-state index contributed by atoms with van der Waals surface area (Å²) >= 11 is 2.04. The number of thioether (sulfide) groups is 1. The van der Waals surface area contributed by atoms with Gasteiger partial charge in [0.2, 0.25) is 0 Å². The molecule has 1 rings (SSSR count). The fraction of sp³-hybridized carbons (Fsp3) is 0.778. The van der Waals surface area contributed by atoms with E-state index in [1.807, 2.05) is 11.8 Å². The molecule has 1 unspecified atom stereocenters. The molecule has 1 aliphatic heterocycles. The van der Waals surface area contributed by atoms with Crippen LogP contribution in [0.25, 0.3) is 0 Å². The monoisotopic (exact) mass is 169 g/mol. The summed E-state index contributed by atoms with van der Waals surface area (Å²) in [6.45, 7) is 0. The van der Waals surface area contributed by atoms with Crippen LogP contribution in [0.1, 0.15) is 19.3 Å². The van der Waals surface area contributed by atoms with Crippen LogP contribution in [0.2, 0.25) is 0 Å². The van der Waals surface area contributed by atoms with Crippen molar-refractivity contribution in [3.63, 3.8) is 0 Å². The van der Waals surface area contributed by atoms with Crippen LogP contribution >= 0.6 is 11.8 Å². The standard InChI is InChI=1S/C9H15NS/c1-2-9(10)7-8-3-5-11-6-4-8/h1,8-9H,3-7,10H2. The van der Waals surface area contributed by atoms with Crippen LogP contribution in [0.15, 0.2) is 0 Å². The minimum Gasteiger partial charge on any atom is -0.318 e. The van der Waals surface area contributed by atoms with Gasteiger partial charge in [0.1, 0.15) is 0 Å². The van der Waals surface area contributed by atoms with Crippen LogP contribution in [0.5, 0.6) is 0 Å². The molecule has 1 aliphatic rings. The van der Waals surface area contributed by atoms with E-state index in [1.54, 1.807) is 0 Å². The summed E-state index contributed by atoms with van der Waals surface area (Å²) in [6, 6.07) is -0.0110. The molecule has 0 aromatic carbocycles. The maximum atomic E-state index is 5.66. The Kier molecular flexibility index (Phi) is 3.82. The second kappa shape index (κ2) is 4.69. The van der Waals surface area contributed by atoms with Gasteiger partial charge in [-0.3, -0.25) is 0 Å². The Morgan fingerprint density at radius 2 is 2.18 bits per heavy atom. The Hall–Kier alpha value is -0.130. The first-order chi connectivity index (χ1) is 5.33. The van der Waals surface area contributed by atoms with Gasteiger partial charge in [-0.05, 0) is 36.7 Å². The molecule has 0 spiro atoms. The molecule has 0 bridgehead atoms. The Labute approximate surface area is 73.1 Å². The SMILES string of the molecule is C#CC(N)CC1CCSCC1. The summed E-state index contributed by atoms with van der Waals surface area (Å²) in [5.41, 5.74) is 5.66. The summed E-state index contributed by atoms with van der Waals surface area (Å²) < 4.78 is 0. The quantitative estimate of drug-likeness (QED) is 0.634. The maximum Gasteiger partial charge on any atom is 0.0664 e. The molecule has 0 radical (unpaired) electrons. The molecule has 0 amide bonds. The third-order valence-corrected chi connectivity index (χ3v) is 3.19. The zero-order valence-electron chi connectivity index (χ0n) is 6.75. The second-order valence-electron chi connectivity index (χ2n) is 3.06. The van der Waals surface area contributed by atoms with E-state index >= 15 is 0 Å². The number of hydrogen-bond donors (Lipinski definition) is 1. The molecule has 0 aromatic rings. The van der Waals surface area contributed by atoms with Crippen LogP contribution in [0, 0.1) is 18.3 Å². The minimum absolute atomic E-state index is 0.0110. The van der Waals surface area contributed by atoms with Crippen molar-refractivity contribution in [3.8, 4) is 12.3 Å². The number of terminal acetylenes is 1. The van der Waals surface area contributed by atoms with E-state index in [2.05, 4.69) is 5.92 Å². The highest BCUT2D eigenvalue weighted by molar-refractivity contribution is 7.99. The highest BCUT2D eigenvalue weighted by atomic mass is 32.2. The summed E-state index contributed by atoms with van der Waals surface area (Å²) in [5.74, 6) is 5.96. The normalized spacial score (nSPS) is 22.5. The summed E-state index contributed by atoms with van der Waals surface area (Å²) in [7, 11) is 0. The summed E-state index contributed by atoms with van der Waals surface area (Å²) in [6.07, 6.45) is 8.85. The Morgan fingerprint density at radius 1 is 1.55 bits per heavy atom. The van der Waals surface area contributed by atoms with E-state index in [1.165, 1.54) is 24.3 Å². The van der Waals surface area contributed by atoms with Gasteiger partial charge < -0.3 is 5.73 Å². The fourth-order valence-electron chi connectivity index (χ4n) is 1.41. The lowest BCUT2D eigenvalue weighted by atomic mass is 9.95. The topological polar surface area (TPSA) is 26.0 Å². The highest BCUT2D eigenvalue weighted by Crippen LogP contribution is 2.25. The van der Waals surface area contributed by atoms with Gasteiger partial charge in [0.25, 0.3) is 0 Å². The first-order valence-corrected chi connectivity index (χ1v) is 5.28. The lowest BCUT2D eigenvalue weighted by Gasteiger charge is -2.22. The molecule has 0 aliphatic carbocycles. The molecular formula is C9H15NS. The van der Waals surface area contributed by atoms with E-state index in [0.717, 1.165) is 12.3 Å². The van der Waals surface area contributed by atoms with Crippen LogP contribution in [0.3, 0.4) is 0 Å². The molecule has 1 heterocycles. The van der Waals surface area contributed by atoms with Gasteiger partial charge in [0.15, 0.2) is 0 Å². The molecule has 1 fully saturated rings. The molecule has 2 N–H and O–H groups in total. The number of hydrogen-bond acceptors (Lipinski definition) is 2. The number of rotatable bonds is 2. The van der Waals surface area contributed by atoms with Gasteiger partial charge >= 0.3 is 0 Å². The zero-order chi connectivity index (χ0) is 8.10. The van der Waals surface area contributed by atoms with Gasteiger partial charge in [-0.25, -0.2) is 0 Å². The predicted molar refractivity (Wildman–Crippen MR) is 51.5 cm³/mol. The van der Waals surface area contributed by atoms with Crippen molar-refractivity contribution in [1.82, 2.24) is 0 Å². The summed E-state index contributed by atoms with van der Waals surface area (Å²) in [5, 5.41) is 0. The van der Waals surface area contributed by atoms with Crippen LogP contribution < -0.4 is 5.73 Å². The number of nitrogens with two attached hydrogens (primary N) is 1. The fourth-order valence-corrected chi connectivity index (χ4v) is 2.61. The summed E-state index contributed by atoms with van der Waals surface area (Å²) in [4.78, 5) is 0. The van der Waals surface area contributed by atoms with E-state index < -0.39 is 0 Å². The van der Waals surface area contributed by atoms with Gasteiger partial charge in [-0.1, -0.05) is 5.92 Å². The van der Waals surface area contributed by atoms with Crippen molar-refractivity contribution in [1.29, 1.82) is 0 Å². The molecule has 1 nitrogen and oxygen atoms in total. The van der Waals surface area contributed by atoms with Crippen molar-refractivity contribution in [2.24, 2.45) is 11.7 Å². The van der Waals surface area contributed by atoms with Gasteiger partial charge in [-0.2, -0.15) is 11.8 Å². The third-order valence-electron chi connectivity index (χ3n) is 2.14. The molecule has 11 heavy (non-hydrogen) atoms. The van der Waals surface area contributed by atoms with Gasteiger partial charge in [-0.15, -0.1) is 6.42 Å². The van der Waals surface area contributed by atoms with Crippen molar-refractivity contribution < 1.29 is 0 Å². The Morgan fingerprint density at radius 3 is 2.73 bits per heavy atom. The Bertz CT molecular complexity index is 144. The molecule has 1 saturated heterocycles. The molecule has 62 valence electrons. The van der Waals surface area contributed by atoms with Crippen LogP contribution in [-0.2, 0) is 0 Å². The van der Waals surface area contributed by atoms with E-state index in [0.29, 0.717) is 0 Å². The minimum atomic E-state index is -0.0110. The maximum absolute atomic E-state index is 5.66.